The van der Waals surface area contributed by atoms with Crippen molar-refractivity contribution in [3.63, 3.8) is 0 Å². The maximum Gasteiger partial charge on any atom is 0.260 e. The first-order valence-corrected chi connectivity index (χ1v) is 8.60. The van der Waals surface area contributed by atoms with Gasteiger partial charge >= 0.3 is 0 Å². The molecule has 6 nitrogen and oxygen atoms in total. The number of likely N-dealkylation sites (tertiary alicyclic amines) is 1. The number of nitrogens with zero attached hydrogens (tertiary/aromatic N) is 4. The quantitative estimate of drug-likeness (QED) is 0.835. The van der Waals surface area contributed by atoms with Crippen LogP contribution >= 0.6 is 0 Å². The summed E-state index contributed by atoms with van der Waals surface area (Å²) in [5.74, 6) is 1.22. The molecule has 1 aromatic carbocycles. The molecule has 7 heteroatoms. The maximum atomic E-state index is 12.9. The number of piperidine rings is 1. The Bertz CT molecular complexity index is 714. The molecule has 1 aliphatic heterocycles. The summed E-state index contributed by atoms with van der Waals surface area (Å²) in [7, 11) is 0. The van der Waals surface area contributed by atoms with Gasteiger partial charge in [-0.05, 0) is 51.0 Å². The smallest absolute Gasteiger partial charge is 0.260 e. The third-order valence-corrected chi connectivity index (χ3v) is 4.47. The molecule has 1 atom stereocenters. The standard InChI is InChI=1S/C18H23FN4O2/c1-13(2)23-12-20-21-18(23)14-4-3-9-22(10-14)17(24)11-25-16-7-5-15(19)6-8-16/h5-8,12-14H,3-4,9-11H2,1-2H3/t14-/m0/s1. The van der Waals surface area contributed by atoms with Crippen LogP contribution in [0.4, 0.5) is 4.39 Å². The Hall–Kier alpha value is -2.44. The van der Waals surface area contributed by atoms with Crippen LogP contribution in [0.2, 0.25) is 0 Å². The second kappa shape index (κ2) is 7.63. The molecular weight excluding hydrogens is 323 g/mol. The number of ether oxygens (including phenoxy) is 1. The number of carbonyl (C=O) groups is 1. The van der Waals surface area contributed by atoms with Gasteiger partial charge in [0.15, 0.2) is 6.61 Å². The summed E-state index contributed by atoms with van der Waals surface area (Å²) < 4.78 is 20.4. The lowest BCUT2D eigenvalue weighted by Gasteiger charge is -2.32. The van der Waals surface area contributed by atoms with Crippen LogP contribution in [0.15, 0.2) is 30.6 Å². The van der Waals surface area contributed by atoms with E-state index in [1.807, 2.05) is 4.90 Å². The van der Waals surface area contributed by atoms with E-state index in [1.54, 1.807) is 6.33 Å². The number of amides is 1. The molecule has 25 heavy (non-hydrogen) atoms. The Labute approximate surface area is 146 Å². The van der Waals surface area contributed by atoms with Gasteiger partial charge in [0.05, 0.1) is 0 Å². The van der Waals surface area contributed by atoms with Crippen molar-refractivity contribution in [2.75, 3.05) is 19.7 Å². The van der Waals surface area contributed by atoms with E-state index < -0.39 is 0 Å². The first kappa shape index (κ1) is 17.4. The van der Waals surface area contributed by atoms with Gasteiger partial charge in [0.25, 0.3) is 5.91 Å². The zero-order chi connectivity index (χ0) is 17.8. The molecule has 0 aliphatic carbocycles. The van der Waals surface area contributed by atoms with Gasteiger partial charge in [-0.3, -0.25) is 4.79 Å². The first-order chi connectivity index (χ1) is 12.0. The number of benzene rings is 1. The van der Waals surface area contributed by atoms with E-state index in [4.69, 9.17) is 4.74 Å². The largest absolute Gasteiger partial charge is 0.484 e. The van der Waals surface area contributed by atoms with Crippen LogP contribution in [0.5, 0.6) is 5.75 Å². The van der Waals surface area contributed by atoms with Crippen molar-refractivity contribution < 1.29 is 13.9 Å². The molecule has 1 aromatic heterocycles. The van der Waals surface area contributed by atoms with Crippen molar-refractivity contribution in [1.29, 1.82) is 0 Å². The number of halogens is 1. The lowest BCUT2D eigenvalue weighted by molar-refractivity contribution is -0.134. The van der Waals surface area contributed by atoms with Crippen molar-refractivity contribution in [3.05, 3.63) is 42.2 Å². The molecule has 1 aliphatic rings. The van der Waals surface area contributed by atoms with Gasteiger partial charge in [-0.15, -0.1) is 10.2 Å². The van der Waals surface area contributed by atoms with Crippen molar-refractivity contribution in [2.24, 2.45) is 0 Å². The van der Waals surface area contributed by atoms with Crippen molar-refractivity contribution in [2.45, 2.75) is 38.6 Å². The van der Waals surface area contributed by atoms with Gasteiger partial charge < -0.3 is 14.2 Å². The minimum atomic E-state index is -0.327. The molecule has 0 N–H and O–H groups in total. The Kier molecular flexibility index (Phi) is 5.31. The van der Waals surface area contributed by atoms with Crippen LogP contribution in [0.1, 0.15) is 44.5 Å². The summed E-state index contributed by atoms with van der Waals surface area (Å²) >= 11 is 0. The van der Waals surface area contributed by atoms with Crippen LogP contribution in [-0.4, -0.2) is 45.3 Å². The van der Waals surface area contributed by atoms with Gasteiger partial charge in [0.2, 0.25) is 0 Å². The molecule has 0 spiro atoms. The molecule has 0 unspecified atom stereocenters. The van der Waals surface area contributed by atoms with E-state index in [0.29, 0.717) is 12.3 Å². The lowest BCUT2D eigenvalue weighted by Crippen LogP contribution is -2.42. The highest BCUT2D eigenvalue weighted by Gasteiger charge is 2.28. The third kappa shape index (κ3) is 4.15. The fourth-order valence-corrected chi connectivity index (χ4v) is 3.12. The molecule has 134 valence electrons. The molecular formula is C18H23FN4O2. The summed E-state index contributed by atoms with van der Waals surface area (Å²) in [5.41, 5.74) is 0. The third-order valence-electron chi connectivity index (χ3n) is 4.47. The van der Waals surface area contributed by atoms with Crippen LogP contribution in [-0.2, 0) is 4.79 Å². The Morgan fingerprint density at radius 3 is 2.84 bits per heavy atom. The Morgan fingerprint density at radius 2 is 2.12 bits per heavy atom. The second-order valence-corrected chi connectivity index (χ2v) is 6.61. The molecule has 0 saturated carbocycles. The van der Waals surface area contributed by atoms with Crippen molar-refractivity contribution in [1.82, 2.24) is 19.7 Å². The molecule has 2 heterocycles. The highest BCUT2D eigenvalue weighted by atomic mass is 19.1. The zero-order valence-corrected chi connectivity index (χ0v) is 14.6. The summed E-state index contributed by atoms with van der Waals surface area (Å²) in [4.78, 5) is 14.3. The fraction of sp³-hybridized carbons (Fsp3) is 0.500. The van der Waals surface area contributed by atoms with Crippen molar-refractivity contribution in [3.8, 4) is 5.75 Å². The topological polar surface area (TPSA) is 60.2 Å². The summed E-state index contributed by atoms with van der Waals surface area (Å²) in [6.45, 7) is 5.48. The fourth-order valence-electron chi connectivity index (χ4n) is 3.12. The SMILES string of the molecule is CC(C)n1cnnc1[C@H]1CCCN(C(=O)COc2ccc(F)cc2)C1. The molecule has 3 rings (SSSR count). The molecule has 0 bridgehead atoms. The van der Waals surface area contributed by atoms with E-state index >= 15 is 0 Å². The van der Waals surface area contributed by atoms with Crippen LogP contribution in [0, 0.1) is 5.82 Å². The first-order valence-electron chi connectivity index (χ1n) is 8.60. The lowest BCUT2D eigenvalue weighted by atomic mass is 9.97. The van der Waals surface area contributed by atoms with Crippen LogP contribution < -0.4 is 4.74 Å². The van der Waals surface area contributed by atoms with E-state index in [-0.39, 0.29) is 30.3 Å². The molecule has 2 aromatic rings. The normalized spacial score (nSPS) is 17.8. The van der Waals surface area contributed by atoms with E-state index in [2.05, 4.69) is 28.6 Å². The van der Waals surface area contributed by atoms with Gasteiger partial charge in [-0.1, -0.05) is 0 Å². The monoisotopic (exact) mass is 346 g/mol. The summed E-state index contributed by atoms with van der Waals surface area (Å²) in [6.07, 6.45) is 3.67. The van der Waals surface area contributed by atoms with E-state index in [0.717, 1.165) is 25.2 Å². The van der Waals surface area contributed by atoms with Gasteiger partial charge in [-0.25, -0.2) is 4.39 Å². The molecule has 1 fully saturated rings. The number of hydrogen-bond acceptors (Lipinski definition) is 4. The summed E-state index contributed by atoms with van der Waals surface area (Å²) in [5, 5.41) is 8.29. The summed E-state index contributed by atoms with van der Waals surface area (Å²) in [6, 6.07) is 5.96. The van der Waals surface area contributed by atoms with Crippen LogP contribution in [0.25, 0.3) is 0 Å². The van der Waals surface area contributed by atoms with Crippen molar-refractivity contribution >= 4 is 5.91 Å². The predicted octanol–water partition coefficient (Wildman–Crippen LogP) is 2.78. The Morgan fingerprint density at radius 1 is 1.36 bits per heavy atom. The van der Waals surface area contributed by atoms with Gasteiger partial charge in [0, 0.05) is 25.0 Å². The molecule has 1 saturated heterocycles. The maximum absolute atomic E-state index is 12.9. The highest BCUT2D eigenvalue weighted by molar-refractivity contribution is 5.78. The van der Waals surface area contributed by atoms with E-state index in [9.17, 15) is 9.18 Å². The van der Waals surface area contributed by atoms with Gasteiger partial charge in [0.1, 0.15) is 23.7 Å². The van der Waals surface area contributed by atoms with Gasteiger partial charge in [-0.2, -0.15) is 0 Å². The minimum Gasteiger partial charge on any atom is -0.484 e. The molecule has 0 radical (unpaired) electrons. The minimum absolute atomic E-state index is 0.0464. The second-order valence-electron chi connectivity index (χ2n) is 6.61. The zero-order valence-electron chi connectivity index (χ0n) is 14.6. The Balaban J connectivity index is 1.59. The number of rotatable bonds is 5. The number of hydrogen-bond donors (Lipinski definition) is 0. The van der Waals surface area contributed by atoms with E-state index in [1.165, 1.54) is 24.3 Å². The number of carbonyl (C=O) groups excluding carboxylic acids is 1. The number of aromatic nitrogens is 3. The predicted molar refractivity (Wildman–Crippen MR) is 90.9 cm³/mol. The average Bonchev–Trinajstić information content (AvgIpc) is 3.11. The van der Waals surface area contributed by atoms with Crippen LogP contribution in [0.3, 0.4) is 0 Å². The highest BCUT2D eigenvalue weighted by Crippen LogP contribution is 2.27. The molecule has 1 amide bonds. The average molecular weight is 346 g/mol.